The Morgan fingerprint density at radius 3 is 2.59 bits per heavy atom. The summed E-state index contributed by atoms with van der Waals surface area (Å²) in [6.45, 7) is 9.72. The zero-order valence-corrected chi connectivity index (χ0v) is 10.8. The standard InChI is InChI=1S/C15H20O2/c1-5-9-6-10-8-12(11(10)7-9)13(14(16)17)15(2,3)4/h5,7,10-11H,1,6,8H2,2-4H3,(H,16,17)/t10-,11+/m0/s1. The Bertz CT molecular complexity index is 432. The molecule has 2 nitrogen and oxygen atoms in total. The SMILES string of the molecule is C=CC1=C[C@H]2C(=C(C(=O)O)C(C)(C)C)C[C@@H]2C1. The van der Waals surface area contributed by atoms with Crippen LogP contribution in [-0.2, 0) is 4.79 Å². The van der Waals surface area contributed by atoms with Crippen molar-refractivity contribution in [2.75, 3.05) is 0 Å². The molecule has 2 heteroatoms. The molecular formula is C15H20O2. The van der Waals surface area contributed by atoms with E-state index >= 15 is 0 Å². The topological polar surface area (TPSA) is 37.3 Å². The van der Waals surface area contributed by atoms with Gasteiger partial charge >= 0.3 is 5.97 Å². The van der Waals surface area contributed by atoms with Crippen molar-refractivity contribution < 1.29 is 9.90 Å². The fourth-order valence-electron chi connectivity index (χ4n) is 3.07. The van der Waals surface area contributed by atoms with Crippen LogP contribution < -0.4 is 0 Å². The van der Waals surface area contributed by atoms with Crippen LogP contribution in [0.5, 0.6) is 0 Å². The van der Waals surface area contributed by atoms with Gasteiger partial charge < -0.3 is 5.11 Å². The lowest BCUT2D eigenvalue weighted by molar-refractivity contribution is -0.133. The van der Waals surface area contributed by atoms with Crippen LogP contribution in [0.4, 0.5) is 0 Å². The number of allylic oxidation sites excluding steroid dienone is 4. The number of hydrogen-bond donors (Lipinski definition) is 1. The van der Waals surface area contributed by atoms with E-state index in [4.69, 9.17) is 0 Å². The first-order valence-corrected chi connectivity index (χ1v) is 6.14. The van der Waals surface area contributed by atoms with E-state index in [1.54, 1.807) is 0 Å². The summed E-state index contributed by atoms with van der Waals surface area (Å²) in [6, 6.07) is 0. The first-order chi connectivity index (χ1) is 7.84. The van der Waals surface area contributed by atoms with E-state index in [1.807, 2.05) is 26.8 Å². The maximum Gasteiger partial charge on any atom is 0.332 e. The molecular weight excluding hydrogens is 212 g/mol. The third kappa shape index (κ3) is 1.97. The highest BCUT2D eigenvalue weighted by Crippen LogP contribution is 2.52. The highest BCUT2D eigenvalue weighted by atomic mass is 16.4. The Morgan fingerprint density at radius 2 is 2.12 bits per heavy atom. The molecule has 0 amide bonds. The zero-order chi connectivity index (χ0) is 12.8. The van der Waals surface area contributed by atoms with Crippen LogP contribution in [0.3, 0.4) is 0 Å². The monoisotopic (exact) mass is 232 g/mol. The Balaban J connectivity index is 2.37. The lowest BCUT2D eigenvalue weighted by Crippen LogP contribution is -2.31. The largest absolute Gasteiger partial charge is 0.478 e. The number of carboxylic acid groups (broad SMARTS) is 1. The maximum absolute atomic E-state index is 11.4. The predicted octanol–water partition coefficient (Wildman–Crippen LogP) is 3.57. The average molecular weight is 232 g/mol. The molecule has 2 aliphatic rings. The van der Waals surface area contributed by atoms with E-state index in [0.717, 1.165) is 18.4 Å². The normalized spacial score (nSPS) is 30.2. The minimum atomic E-state index is -0.758. The summed E-state index contributed by atoms with van der Waals surface area (Å²) >= 11 is 0. The number of fused-ring (bicyclic) bond motifs is 1. The van der Waals surface area contributed by atoms with Crippen molar-refractivity contribution in [1.82, 2.24) is 0 Å². The molecule has 2 rings (SSSR count). The molecule has 0 aliphatic heterocycles. The maximum atomic E-state index is 11.4. The highest BCUT2D eigenvalue weighted by Gasteiger charge is 2.43. The number of carbonyl (C=O) groups is 1. The number of carboxylic acids is 1. The van der Waals surface area contributed by atoms with Gasteiger partial charge in [-0.15, -0.1) is 0 Å². The molecule has 2 atom stereocenters. The van der Waals surface area contributed by atoms with Gasteiger partial charge in [0.25, 0.3) is 0 Å². The summed E-state index contributed by atoms with van der Waals surface area (Å²) in [4.78, 5) is 11.4. The summed E-state index contributed by atoms with van der Waals surface area (Å²) in [5.74, 6) is 0.217. The summed E-state index contributed by atoms with van der Waals surface area (Å²) in [6.07, 6.45) is 6.10. The van der Waals surface area contributed by atoms with Crippen molar-refractivity contribution in [2.45, 2.75) is 33.6 Å². The minimum absolute atomic E-state index is 0.281. The quantitative estimate of drug-likeness (QED) is 0.739. The Hall–Kier alpha value is -1.31. The number of rotatable bonds is 2. The molecule has 1 N–H and O–H groups in total. The summed E-state index contributed by atoms with van der Waals surface area (Å²) in [5.41, 5.74) is 2.73. The van der Waals surface area contributed by atoms with Crippen molar-refractivity contribution in [3.63, 3.8) is 0 Å². The van der Waals surface area contributed by atoms with Gasteiger partial charge in [0.1, 0.15) is 0 Å². The Kier molecular flexibility index (Phi) is 2.76. The Morgan fingerprint density at radius 1 is 1.47 bits per heavy atom. The first kappa shape index (κ1) is 12.2. The minimum Gasteiger partial charge on any atom is -0.478 e. The molecule has 92 valence electrons. The van der Waals surface area contributed by atoms with Crippen LogP contribution in [0.2, 0.25) is 0 Å². The van der Waals surface area contributed by atoms with Gasteiger partial charge in [-0.25, -0.2) is 4.79 Å². The van der Waals surface area contributed by atoms with E-state index in [0.29, 0.717) is 17.4 Å². The van der Waals surface area contributed by atoms with Gasteiger partial charge in [0.05, 0.1) is 0 Å². The Labute approximate surface area is 103 Å². The molecule has 0 aromatic rings. The van der Waals surface area contributed by atoms with E-state index in [-0.39, 0.29) is 5.41 Å². The fourth-order valence-corrected chi connectivity index (χ4v) is 3.07. The molecule has 0 spiro atoms. The van der Waals surface area contributed by atoms with Gasteiger partial charge in [-0.3, -0.25) is 0 Å². The van der Waals surface area contributed by atoms with Crippen LogP contribution in [0.15, 0.2) is 35.5 Å². The van der Waals surface area contributed by atoms with Gasteiger partial charge in [0.15, 0.2) is 0 Å². The second kappa shape index (κ2) is 3.86. The fraction of sp³-hybridized carbons (Fsp3) is 0.533. The third-order valence-corrected chi connectivity index (χ3v) is 3.83. The molecule has 0 saturated heterocycles. The molecule has 1 fully saturated rings. The van der Waals surface area contributed by atoms with Gasteiger partial charge in [-0.1, -0.05) is 50.6 Å². The van der Waals surface area contributed by atoms with E-state index < -0.39 is 5.97 Å². The van der Waals surface area contributed by atoms with Crippen LogP contribution in [0.1, 0.15) is 33.6 Å². The molecule has 0 aromatic carbocycles. The van der Waals surface area contributed by atoms with Crippen LogP contribution in [-0.4, -0.2) is 11.1 Å². The van der Waals surface area contributed by atoms with Crippen LogP contribution >= 0.6 is 0 Å². The zero-order valence-electron chi connectivity index (χ0n) is 10.8. The molecule has 0 bridgehead atoms. The number of aliphatic carboxylic acids is 1. The smallest absolute Gasteiger partial charge is 0.332 e. The van der Waals surface area contributed by atoms with E-state index in [1.165, 1.54) is 5.57 Å². The second-order valence-corrected chi connectivity index (χ2v) is 6.10. The summed E-state index contributed by atoms with van der Waals surface area (Å²) in [7, 11) is 0. The predicted molar refractivity (Wildman–Crippen MR) is 68.6 cm³/mol. The van der Waals surface area contributed by atoms with Crippen molar-refractivity contribution in [2.24, 2.45) is 17.3 Å². The number of hydrogen-bond acceptors (Lipinski definition) is 1. The van der Waals surface area contributed by atoms with E-state index in [9.17, 15) is 9.90 Å². The lowest BCUT2D eigenvalue weighted by atomic mass is 9.65. The van der Waals surface area contributed by atoms with Crippen LogP contribution in [0.25, 0.3) is 0 Å². The average Bonchev–Trinajstić information content (AvgIpc) is 2.49. The molecule has 0 heterocycles. The molecule has 1 saturated carbocycles. The third-order valence-electron chi connectivity index (χ3n) is 3.83. The van der Waals surface area contributed by atoms with Gasteiger partial charge in [0, 0.05) is 11.5 Å². The van der Waals surface area contributed by atoms with Crippen molar-refractivity contribution in [1.29, 1.82) is 0 Å². The molecule has 0 aromatic heterocycles. The molecule has 0 unspecified atom stereocenters. The van der Waals surface area contributed by atoms with Crippen molar-refractivity contribution in [3.05, 3.63) is 35.5 Å². The van der Waals surface area contributed by atoms with Gasteiger partial charge in [0.2, 0.25) is 0 Å². The van der Waals surface area contributed by atoms with Crippen molar-refractivity contribution >= 4 is 5.97 Å². The van der Waals surface area contributed by atoms with Crippen molar-refractivity contribution in [3.8, 4) is 0 Å². The molecule has 0 radical (unpaired) electrons. The highest BCUT2D eigenvalue weighted by molar-refractivity contribution is 5.89. The first-order valence-electron chi connectivity index (χ1n) is 6.14. The van der Waals surface area contributed by atoms with Gasteiger partial charge in [-0.05, 0) is 24.2 Å². The molecule has 17 heavy (non-hydrogen) atoms. The lowest BCUT2D eigenvalue weighted by Gasteiger charge is -2.38. The van der Waals surface area contributed by atoms with Gasteiger partial charge in [-0.2, -0.15) is 0 Å². The molecule has 2 aliphatic carbocycles. The summed E-state index contributed by atoms with van der Waals surface area (Å²) < 4.78 is 0. The summed E-state index contributed by atoms with van der Waals surface area (Å²) in [5, 5.41) is 9.39. The van der Waals surface area contributed by atoms with E-state index in [2.05, 4.69) is 12.7 Å². The second-order valence-electron chi connectivity index (χ2n) is 6.10. The van der Waals surface area contributed by atoms with Crippen LogP contribution in [0, 0.1) is 17.3 Å².